The maximum absolute atomic E-state index is 13.0. The summed E-state index contributed by atoms with van der Waals surface area (Å²) in [5, 5.41) is 15.5. The molecule has 1 aliphatic heterocycles. The summed E-state index contributed by atoms with van der Waals surface area (Å²) in [5.74, 6) is -0.380. The van der Waals surface area contributed by atoms with Gasteiger partial charge in [0.25, 0.3) is 5.69 Å². The average Bonchev–Trinajstić information content (AvgIpc) is 3.22. The molecule has 2 aromatic rings. The van der Waals surface area contributed by atoms with Gasteiger partial charge in [-0.3, -0.25) is 15.5 Å². The topological polar surface area (TPSA) is 105 Å². The lowest BCUT2D eigenvalue weighted by Crippen LogP contribution is -2.27. The van der Waals surface area contributed by atoms with Gasteiger partial charge in [-0.05, 0) is 49.6 Å². The largest absolute Gasteiger partial charge is 0.295 e. The van der Waals surface area contributed by atoms with Crippen molar-refractivity contribution < 1.29 is 17.7 Å². The minimum Gasteiger partial charge on any atom is -0.271 e. The fraction of sp³-hybridized carbons (Fsp3) is 0.278. The van der Waals surface area contributed by atoms with Crippen LogP contribution in [0.3, 0.4) is 0 Å². The number of hydrogen-bond acceptors (Lipinski definition) is 6. The van der Waals surface area contributed by atoms with E-state index < -0.39 is 20.6 Å². The van der Waals surface area contributed by atoms with Gasteiger partial charge in [0.1, 0.15) is 11.5 Å². The van der Waals surface area contributed by atoms with E-state index in [9.17, 15) is 22.9 Å². The van der Waals surface area contributed by atoms with Crippen molar-refractivity contribution in [3.63, 3.8) is 0 Å². The van der Waals surface area contributed by atoms with Crippen molar-refractivity contribution in [2.75, 3.05) is 18.5 Å². The van der Waals surface area contributed by atoms with E-state index in [2.05, 4.69) is 10.5 Å². The van der Waals surface area contributed by atoms with Gasteiger partial charge < -0.3 is 0 Å². The van der Waals surface area contributed by atoms with E-state index in [1.54, 1.807) is 6.92 Å². The number of benzene rings is 2. The van der Waals surface area contributed by atoms with E-state index in [1.807, 2.05) is 0 Å². The van der Waals surface area contributed by atoms with Crippen molar-refractivity contribution in [3.8, 4) is 0 Å². The Morgan fingerprint density at radius 1 is 1.18 bits per heavy atom. The smallest absolute Gasteiger partial charge is 0.271 e. The molecule has 8 nitrogen and oxygen atoms in total. The van der Waals surface area contributed by atoms with E-state index in [0.29, 0.717) is 24.4 Å². The van der Waals surface area contributed by atoms with Gasteiger partial charge in [-0.2, -0.15) is 9.41 Å². The van der Waals surface area contributed by atoms with Crippen molar-refractivity contribution >= 4 is 27.1 Å². The monoisotopic (exact) mass is 406 g/mol. The Bertz CT molecular complexity index is 1020. The van der Waals surface area contributed by atoms with Crippen molar-refractivity contribution in [2.45, 2.75) is 24.7 Å². The van der Waals surface area contributed by atoms with E-state index in [4.69, 9.17) is 0 Å². The molecule has 1 fully saturated rings. The highest BCUT2D eigenvalue weighted by atomic mass is 32.2. The van der Waals surface area contributed by atoms with Gasteiger partial charge >= 0.3 is 0 Å². The Labute approximate surface area is 161 Å². The van der Waals surface area contributed by atoms with Crippen LogP contribution in [0, 0.1) is 15.9 Å². The van der Waals surface area contributed by atoms with E-state index >= 15 is 0 Å². The SMILES string of the molecule is CC(=NNc1ccc(S(=O)(=O)N2CCCC2)cc1[N+](=O)[O-])c1ccc(F)cc1. The Morgan fingerprint density at radius 3 is 2.43 bits per heavy atom. The van der Waals surface area contributed by atoms with Gasteiger partial charge in [-0.15, -0.1) is 0 Å². The molecule has 0 aromatic heterocycles. The number of nitrogens with zero attached hydrogens (tertiary/aromatic N) is 3. The molecule has 0 aliphatic carbocycles. The molecule has 10 heteroatoms. The lowest BCUT2D eigenvalue weighted by Gasteiger charge is -2.15. The van der Waals surface area contributed by atoms with Crippen LogP contribution in [0.15, 0.2) is 52.5 Å². The first kappa shape index (κ1) is 19.9. The Kier molecular flexibility index (Phi) is 5.71. The van der Waals surface area contributed by atoms with E-state index in [1.165, 1.54) is 40.7 Å². The predicted octanol–water partition coefficient (Wildman–Crippen LogP) is 3.35. The maximum Gasteiger partial charge on any atom is 0.295 e. The molecule has 0 radical (unpaired) electrons. The molecule has 0 amide bonds. The van der Waals surface area contributed by atoms with Gasteiger partial charge in [0, 0.05) is 19.2 Å². The molecule has 0 spiro atoms. The first-order valence-corrected chi connectivity index (χ1v) is 10.1. The number of sulfonamides is 1. The van der Waals surface area contributed by atoms with Crippen molar-refractivity contribution in [3.05, 3.63) is 64.0 Å². The normalized spacial score (nSPS) is 15.6. The van der Waals surface area contributed by atoms with Crippen LogP contribution in [0.25, 0.3) is 0 Å². The zero-order valence-corrected chi connectivity index (χ0v) is 15.9. The molecular weight excluding hydrogens is 387 g/mol. The van der Waals surface area contributed by atoms with Crippen LogP contribution in [0.4, 0.5) is 15.8 Å². The zero-order chi connectivity index (χ0) is 20.3. The predicted molar refractivity (Wildman–Crippen MR) is 103 cm³/mol. The van der Waals surface area contributed by atoms with Gasteiger partial charge in [0.2, 0.25) is 10.0 Å². The van der Waals surface area contributed by atoms with Crippen LogP contribution in [0.2, 0.25) is 0 Å². The number of nitro groups is 1. The molecule has 28 heavy (non-hydrogen) atoms. The lowest BCUT2D eigenvalue weighted by atomic mass is 10.1. The quantitative estimate of drug-likeness (QED) is 0.450. The standard InChI is InChI=1S/C18H19FN4O4S/c1-13(14-4-6-15(19)7-5-14)20-21-17-9-8-16(12-18(17)23(24)25)28(26,27)22-10-2-3-11-22/h4-9,12,21H,2-3,10-11H2,1H3. The van der Waals surface area contributed by atoms with Gasteiger partial charge in [-0.25, -0.2) is 12.8 Å². The van der Waals surface area contributed by atoms with Crippen molar-refractivity contribution in [1.29, 1.82) is 0 Å². The van der Waals surface area contributed by atoms with Crippen LogP contribution in [-0.4, -0.2) is 36.4 Å². The fourth-order valence-electron chi connectivity index (χ4n) is 2.89. The maximum atomic E-state index is 13.0. The number of nitrogens with one attached hydrogen (secondary N) is 1. The summed E-state index contributed by atoms with van der Waals surface area (Å²) in [6.45, 7) is 2.49. The molecule has 1 N–H and O–H groups in total. The van der Waals surface area contributed by atoms with Crippen molar-refractivity contribution in [1.82, 2.24) is 4.31 Å². The van der Waals surface area contributed by atoms with Crippen LogP contribution in [0.5, 0.6) is 0 Å². The van der Waals surface area contributed by atoms with Crippen molar-refractivity contribution in [2.24, 2.45) is 5.10 Å². The summed E-state index contributed by atoms with van der Waals surface area (Å²) in [5.41, 5.74) is 3.40. The fourth-order valence-corrected chi connectivity index (χ4v) is 4.43. The molecule has 1 heterocycles. The van der Waals surface area contributed by atoms with Crippen LogP contribution in [-0.2, 0) is 10.0 Å². The second-order valence-electron chi connectivity index (χ2n) is 6.36. The summed E-state index contributed by atoms with van der Waals surface area (Å²) in [4.78, 5) is 10.7. The molecule has 3 rings (SSSR count). The minimum absolute atomic E-state index is 0.0619. The Hall–Kier alpha value is -2.85. The molecule has 2 aromatic carbocycles. The Morgan fingerprint density at radius 2 is 1.82 bits per heavy atom. The minimum atomic E-state index is -3.76. The molecule has 0 bridgehead atoms. The van der Waals surface area contributed by atoms with Crippen LogP contribution in [0.1, 0.15) is 25.3 Å². The number of rotatable bonds is 6. The number of hydrazone groups is 1. The van der Waals surface area contributed by atoms with E-state index in [0.717, 1.165) is 18.9 Å². The molecule has 1 saturated heterocycles. The third-order valence-corrected chi connectivity index (χ3v) is 6.37. The van der Waals surface area contributed by atoms with Crippen LogP contribution < -0.4 is 5.43 Å². The number of halogens is 1. The molecule has 0 unspecified atom stereocenters. The number of nitro benzene ring substituents is 1. The number of hydrogen-bond donors (Lipinski definition) is 1. The molecule has 148 valence electrons. The second kappa shape index (κ2) is 8.03. The highest BCUT2D eigenvalue weighted by molar-refractivity contribution is 7.89. The first-order valence-electron chi connectivity index (χ1n) is 8.64. The highest BCUT2D eigenvalue weighted by Gasteiger charge is 2.29. The lowest BCUT2D eigenvalue weighted by molar-refractivity contribution is -0.384. The highest BCUT2D eigenvalue weighted by Crippen LogP contribution is 2.30. The first-order chi connectivity index (χ1) is 13.3. The van der Waals surface area contributed by atoms with Gasteiger partial charge in [0.15, 0.2) is 0 Å². The average molecular weight is 406 g/mol. The Balaban J connectivity index is 1.88. The summed E-state index contributed by atoms with van der Waals surface area (Å²) in [6.07, 6.45) is 1.55. The molecule has 1 aliphatic rings. The third kappa shape index (κ3) is 4.18. The summed E-state index contributed by atoms with van der Waals surface area (Å²) < 4.78 is 39.6. The summed E-state index contributed by atoms with van der Waals surface area (Å²) >= 11 is 0. The molecular formula is C18H19FN4O4S. The third-order valence-electron chi connectivity index (χ3n) is 4.47. The molecule has 0 saturated carbocycles. The van der Waals surface area contributed by atoms with Gasteiger partial charge in [-0.1, -0.05) is 12.1 Å². The molecule has 0 atom stereocenters. The van der Waals surface area contributed by atoms with Gasteiger partial charge in [0.05, 0.1) is 15.5 Å². The van der Waals surface area contributed by atoms with E-state index in [-0.39, 0.29) is 16.4 Å². The second-order valence-corrected chi connectivity index (χ2v) is 8.30. The van der Waals surface area contributed by atoms with Crippen LogP contribution >= 0.6 is 0 Å². The zero-order valence-electron chi connectivity index (χ0n) is 15.1. The number of anilines is 1. The summed E-state index contributed by atoms with van der Waals surface area (Å²) in [6, 6.07) is 9.34. The summed E-state index contributed by atoms with van der Waals surface area (Å²) in [7, 11) is -3.76.